The van der Waals surface area contributed by atoms with E-state index in [0.29, 0.717) is 44.8 Å². The molecule has 3 fully saturated rings. The molecule has 36 heavy (non-hydrogen) atoms. The van der Waals surface area contributed by atoms with Crippen LogP contribution in [0.1, 0.15) is 69.2 Å². The number of hydrogen-bond acceptors (Lipinski definition) is 7. The van der Waals surface area contributed by atoms with Crippen molar-refractivity contribution < 1.29 is 24.1 Å². The summed E-state index contributed by atoms with van der Waals surface area (Å²) in [6.45, 7) is 8.80. The summed E-state index contributed by atoms with van der Waals surface area (Å²) in [4.78, 5) is 18.0. The van der Waals surface area contributed by atoms with Gasteiger partial charge in [-0.05, 0) is 70.7 Å². The van der Waals surface area contributed by atoms with E-state index in [0.717, 1.165) is 43.8 Å². The first kappa shape index (κ1) is 25.8. The van der Waals surface area contributed by atoms with Crippen LogP contribution < -0.4 is 15.0 Å². The molecule has 0 radical (unpaired) electrons. The van der Waals surface area contributed by atoms with Gasteiger partial charge in [0.05, 0.1) is 18.9 Å². The smallest absolute Gasteiger partial charge is 0.254 e. The quantitative estimate of drug-likeness (QED) is 0.530. The molecule has 1 aromatic rings. The van der Waals surface area contributed by atoms with Crippen molar-refractivity contribution in [2.24, 2.45) is 5.41 Å². The Morgan fingerprint density at radius 3 is 2.78 bits per heavy atom. The average Bonchev–Trinajstić information content (AvgIpc) is 3.55. The third kappa shape index (κ3) is 4.73. The Morgan fingerprint density at radius 1 is 1.28 bits per heavy atom. The monoisotopic (exact) mass is 501 g/mol. The van der Waals surface area contributed by atoms with Crippen LogP contribution in [0, 0.1) is 5.41 Å². The van der Waals surface area contributed by atoms with Crippen molar-refractivity contribution in [3.8, 4) is 5.75 Å². The number of hydrogen-bond donors (Lipinski definition) is 2. The Kier molecular flexibility index (Phi) is 7.50. The predicted molar refractivity (Wildman–Crippen MR) is 139 cm³/mol. The fourth-order valence-electron chi connectivity index (χ4n) is 6.55. The van der Waals surface area contributed by atoms with Gasteiger partial charge in [-0.25, -0.2) is 0 Å². The maximum absolute atomic E-state index is 13.9. The maximum Gasteiger partial charge on any atom is 0.254 e. The molecule has 8 nitrogen and oxygen atoms in total. The largest absolute Gasteiger partial charge is 0.480 e. The lowest BCUT2D eigenvalue weighted by Gasteiger charge is -2.50. The summed E-state index contributed by atoms with van der Waals surface area (Å²) < 4.78 is 17.3. The Labute approximate surface area is 215 Å². The molecule has 3 aliphatic heterocycles. The molecular weight excluding hydrogens is 458 g/mol. The van der Waals surface area contributed by atoms with Crippen molar-refractivity contribution in [2.45, 2.75) is 82.7 Å². The van der Waals surface area contributed by atoms with E-state index >= 15 is 0 Å². The topological polar surface area (TPSA) is 83.5 Å². The molecule has 2 spiro atoms. The fraction of sp³-hybridized carbons (Fsp3) is 0.750. The molecule has 8 heteroatoms. The zero-order chi connectivity index (χ0) is 25.3. The zero-order valence-corrected chi connectivity index (χ0v) is 22.1. The number of unbranched alkanes of at least 4 members (excludes halogenated alkanes) is 1. The van der Waals surface area contributed by atoms with Gasteiger partial charge in [-0.1, -0.05) is 0 Å². The third-order valence-corrected chi connectivity index (χ3v) is 8.71. The van der Waals surface area contributed by atoms with Crippen LogP contribution >= 0.6 is 0 Å². The molecule has 2 saturated heterocycles. The van der Waals surface area contributed by atoms with Crippen LogP contribution in [0.25, 0.3) is 0 Å². The number of nitrogens with one attached hydrogen (secondary N) is 1. The summed E-state index contributed by atoms with van der Waals surface area (Å²) in [6.07, 6.45) is 5.72. The maximum atomic E-state index is 13.9. The zero-order valence-electron chi connectivity index (χ0n) is 22.1. The van der Waals surface area contributed by atoms with E-state index in [-0.39, 0.29) is 23.4 Å². The highest BCUT2D eigenvalue weighted by Gasteiger charge is 2.58. The van der Waals surface area contributed by atoms with Gasteiger partial charge in [0, 0.05) is 62.7 Å². The van der Waals surface area contributed by atoms with E-state index in [1.807, 2.05) is 23.1 Å². The van der Waals surface area contributed by atoms with Crippen LogP contribution in [0.2, 0.25) is 0 Å². The molecule has 2 N–H and O–H groups in total. The fourth-order valence-corrected chi connectivity index (χ4v) is 6.55. The van der Waals surface area contributed by atoms with Gasteiger partial charge in [-0.2, -0.15) is 0 Å². The number of carbonyl (C=O) groups excluding carboxylic acids is 1. The number of methoxy groups -OCH3 is 1. The third-order valence-electron chi connectivity index (χ3n) is 8.71. The number of aliphatic hydroxyl groups excluding tert-OH is 1. The summed E-state index contributed by atoms with van der Waals surface area (Å²) in [5.74, 6) is 0.807. The number of amides is 1. The predicted octanol–water partition coefficient (Wildman–Crippen LogP) is 3.17. The number of ether oxygens (including phenoxy) is 3. The van der Waals surface area contributed by atoms with Crippen LogP contribution in [0.3, 0.4) is 0 Å². The number of carbonyl (C=O) groups is 1. The number of aliphatic hydroxyl groups is 1. The van der Waals surface area contributed by atoms with E-state index in [1.54, 1.807) is 7.11 Å². The second kappa shape index (κ2) is 10.5. The summed E-state index contributed by atoms with van der Waals surface area (Å²) >= 11 is 0. The molecule has 3 heterocycles. The van der Waals surface area contributed by atoms with Gasteiger partial charge in [0.15, 0.2) is 11.8 Å². The van der Waals surface area contributed by atoms with Crippen molar-refractivity contribution in [2.75, 3.05) is 51.5 Å². The number of anilines is 1. The number of fused-ring (bicyclic) bond motifs is 1. The normalized spacial score (nSPS) is 28.8. The van der Waals surface area contributed by atoms with Gasteiger partial charge in [-0.15, -0.1) is 0 Å². The minimum Gasteiger partial charge on any atom is -0.480 e. The van der Waals surface area contributed by atoms with Crippen LogP contribution in [-0.2, 0) is 9.47 Å². The first-order valence-electron chi connectivity index (χ1n) is 13.8. The molecule has 200 valence electrons. The van der Waals surface area contributed by atoms with E-state index in [2.05, 4.69) is 24.1 Å². The minimum atomic E-state index is -0.789. The van der Waals surface area contributed by atoms with E-state index in [9.17, 15) is 9.90 Å². The lowest BCUT2D eigenvalue weighted by Crippen LogP contribution is -2.61. The van der Waals surface area contributed by atoms with Gasteiger partial charge < -0.3 is 34.4 Å². The molecule has 5 rings (SSSR count). The molecule has 1 aromatic carbocycles. The van der Waals surface area contributed by atoms with Crippen LogP contribution in [-0.4, -0.2) is 86.4 Å². The lowest BCUT2D eigenvalue weighted by atomic mass is 9.88. The average molecular weight is 502 g/mol. The first-order chi connectivity index (χ1) is 17.4. The standard InChI is InChI=1S/C28H43N3O5/c1-20(2)31(24-18-27(24)9-6-12-29-19-27)25(32)21-7-8-23-22(17-21)30(13-4-5-14-34-3)26(33)28(36-23)10-15-35-16-11-28/h7-8,17,20,24,26,29,33H,4-6,9-16,18-19H2,1-3H3. The van der Waals surface area contributed by atoms with E-state index in [1.165, 1.54) is 12.8 Å². The highest BCUT2D eigenvalue weighted by atomic mass is 16.5. The van der Waals surface area contributed by atoms with E-state index < -0.39 is 11.8 Å². The highest BCUT2D eigenvalue weighted by molar-refractivity contribution is 5.96. The van der Waals surface area contributed by atoms with Crippen molar-refractivity contribution in [3.05, 3.63) is 23.8 Å². The molecule has 1 amide bonds. The Hall–Kier alpha value is -1.87. The summed E-state index contributed by atoms with van der Waals surface area (Å²) in [6, 6.07) is 6.17. The molecule has 1 saturated carbocycles. The van der Waals surface area contributed by atoms with Crippen LogP contribution in [0.4, 0.5) is 5.69 Å². The number of piperidine rings is 1. The van der Waals surface area contributed by atoms with Gasteiger partial charge in [0.25, 0.3) is 5.91 Å². The Morgan fingerprint density at radius 2 is 2.08 bits per heavy atom. The summed E-state index contributed by atoms with van der Waals surface area (Å²) in [5, 5.41) is 15.1. The van der Waals surface area contributed by atoms with Crippen LogP contribution in [0.15, 0.2) is 18.2 Å². The lowest BCUT2D eigenvalue weighted by molar-refractivity contribution is -0.122. The minimum absolute atomic E-state index is 0.0698. The van der Waals surface area contributed by atoms with Crippen molar-refractivity contribution in [3.63, 3.8) is 0 Å². The molecule has 4 aliphatic rings. The molecule has 0 bridgehead atoms. The van der Waals surface area contributed by atoms with E-state index in [4.69, 9.17) is 14.2 Å². The van der Waals surface area contributed by atoms with Crippen molar-refractivity contribution in [1.82, 2.24) is 10.2 Å². The molecule has 0 aromatic heterocycles. The van der Waals surface area contributed by atoms with Crippen molar-refractivity contribution in [1.29, 1.82) is 0 Å². The molecule has 1 aliphatic carbocycles. The molecule has 3 atom stereocenters. The first-order valence-corrected chi connectivity index (χ1v) is 13.8. The van der Waals surface area contributed by atoms with Crippen molar-refractivity contribution >= 4 is 11.6 Å². The number of benzene rings is 1. The molecule has 3 unspecified atom stereocenters. The van der Waals surface area contributed by atoms with Gasteiger partial charge in [-0.3, -0.25) is 4.79 Å². The molecular formula is C28H43N3O5. The second-order valence-corrected chi connectivity index (χ2v) is 11.4. The van der Waals surface area contributed by atoms with Gasteiger partial charge in [0.2, 0.25) is 0 Å². The Balaban J connectivity index is 1.42. The Bertz CT molecular complexity index is 926. The second-order valence-electron chi connectivity index (χ2n) is 11.4. The van der Waals surface area contributed by atoms with Crippen LogP contribution in [0.5, 0.6) is 5.75 Å². The summed E-state index contributed by atoms with van der Waals surface area (Å²) in [5.41, 5.74) is 1.01. The highest BCUT2D eigenvalue weighted by Crippen LogP contribution is 2.54. The van der Waals surface area contributed by atoms with Gasteiger partial charge in [0.1, 0.15) is 5.75 Å². The van der Waals surface area contributed by atoms with Gasteiger partial charge >= 0.3 is 0 Å². The number of nitrogens with zero attached hydrogens (tertiary/aromatic N) is 2. The summed E-state index contributed by atoms with van der Waals surface area (Å²) in [7, 11) is 1.71. The number of rotatable bonds is 8. The SMILES string of the molecule is COCCCCN1c2cc(C(=O)N(C(C)C)C3CC34CCCNC4)ccc2OC2(CCOCC2)C1O.